The Hall–Kier alpha value is -1.04. The molecule has 2 rings (SSSR count). The van der Waals surface area contributed by atoms with Crippen LogP contribution in [0.3, 0.4) is 0 Å². The first-order chi connectivity index (χ1) is 8.85. The average Bonchev–Trinajstić information content (AvgIpc) is 2.83. The van der Waals surface area contributed by atoms with E-state index in [-0.39, 0.29) is 11.8 Å². The van der Waals surface area contributed by atoms with Crippen LogP contribution in [-0.4, -0.2) is 36.0 Å². The fraction of sp³-hybridized carbons (Fsp3) is 0.769. The summed E-state index contributed by atoms with van der Waals surface area (Å²) >= 11 is 0. The minimum Gasteiger partial charge on any atom is -0.352 e. The van der Waals surface area contributed by atoms with Crippen LogP contribution in [0.2, 0.25) is 0 Å². The molecule has 0 spiro atoms. The number of anilines is 1. The van der Waals surface area contributed by atoms with Gasteiger partial charge in [0.05, 0.1) is 11.4 Å². The average molecular weight is 285 g/mol. The molecule has 1 N–H and O–H groups in total. The summed E-state index contributed by atoms with van der Waals surface area (Å²) in [5.74, 6) is 0.935. The van der Waals surface area contributed by atoms with Crippen LogP contribution < -0.4 is 5.32 Å². The molecule has 1 aliphatic carbocycles. The number of hydrogen-bond donors (Lipinski definition) is 1. The Bertz CT molecular complexity index is 530. The first-order valence-corrected chi connectivity index (χ1v) is 8.91. The zero-order chi connectivity index (χ0) is 14.0. The smallest absolute Gasteiger partial charge is 0.203 e. The highest BCUT2D eigenvalue weighted by molar-refractivity contribution is 7.90. The lowest BCUT2D eigenvalue weighted by molar-refractivity contribution is 0.521. The van der Waals surface area contributed by atoms with Crippen LogP contribution in [0.5, 0.6) is 0 Å². The number of imidazole rings is 1. The molecule has 1 aromatic heterocycles. The molecule has 19 heavy (non-hydrogen) atoms. The van der Waals surface area contributed by atoms with Crippen molar-refractivity contribution in [3.05, 3.63) is 11.9 Å². The molecule has 5 nitrogen and oxygen atoms in total. The Kier molecular flexibility index (Phi) is 4.18. The van der Waals surface area contributed by atoms with Crippen molar-refractivity contribution in [3.8, 4) is 0 Å². The van der Waals surface area contributed by atoms with E-state index in [1.54, 1.807) is 0 Å². The van der Waals surface area contributed by atoms with E-state index in [0.29, 0.717) is 6.04 Å². The van der Waals surface area contributed by atoms with E-state index in [1.807, 2.05) is 13.8 Å². The van der Waals surface area contributed by atoms with Gasteiger partial charge in [-0.15, -0.1) is 0 Å². The van der Waals surface area contributed by atoms with Crippen LogP contribution in [0.25, 0.3) is 0 Å². The second-order valence-corrected chi connectivity index (χ2v) is 7.87. The summed E-state index contributed by atoms with van der Waals surface area (Å²) in [4.78, 5) is 4.48. The quantitative estimate of drug-likeness (QED) is 0.900. The molecule has 1 aliphatic rings. The summed E-state index contributed by atoms with van der Waals surface area (Å²) in [5, 5.41) is 3.24. The summed E-state index contributed by atoms with van der Waals surface area (Å²) in [6.07, 6.45) is 8.22. The highest BCUT2D eigenvalue weighted by atomic mass is 32.2. The molecule has 1 aromatic rings. The number of nitrogens with zero attached hydrogens (tertiary/aromatic N) is 2. The molecule has 1 unspecified atom stereocenters. The zero-order valence-electron chi connectivity index (χ0n) is 11.9. The molecule has 0 bridgehead atoms. The van der Waals surface area contributed by atoms with Crippen molar-refractivity contribution < 1.29 is 8.42 Å². The number of aryl methyl sites for hydroxylation is 1. The standard InChI is InChI=1S/C13H23N3O2S/c1-10-8-16(12-6-4-5-7-12)13(14-10)15-11(2)9-19(3,17)18/h8,11-12H,4-7,9H2,1-3H3,(H,14,15). The summed E-state index contributed by atoms with van der Waals surface area (Å²) < 4.78 is 24.8. The summed E-state index contributed by atoms with van der Waals surface area (Å²) in [7, 11) is -2.97. The van der Waals surface area contributed by atoms with Crippen molar-refractivity contribution in [2.24, 2.45) is 0 Å². The number of rotatable bonds is 5. The minimum atomic E-state index is -2.97. The molecular weight excluding hydrogens is 262 g/mol. The first kappa shape index (κ1) is 14.4. The van der Waals surface area contributed by atoms with Crippen molar-refractivity contribution >= 4 is 15.8 Å². The Morgan fingerprint density at radius 2 is 2.11 bits per heavy atom. The van der Waals surface area contributed by atoms with Crippen LogP contribution in [0.15, 0.2) is 6.20 Å². The molecule has 1 heterocycles. The highest BCUT2D eigenvalue weighted by Crippen LogP contribution is 2.32. The Morgan fingerprint density at radius 1 is 1.47 bits per heavy atom. The van der Waals surface area contributed by atoms with Gasteiger partial charge in [-0.1, -0.05) is 12.8 Å². The van der Waals surface area contributed by atoms with Gasteiger partial charge in [-0.05, 0) is 26.7 Å². The molecule has 1 fully saturated rings. The van der Waals surface area contributed by atoms with Gasteiger partial charge in [0.1, 0.15) is 9.84 Å². The molecule has 108 valence electrons. The number of nitrogens with one attached hydrogen (secondary N) is 1. The predicted molar refractivity (Wildman–Crippen MR) is 77.3 cm³/mol. The first-order valence-electron chi connectivity index (χ1n) is 6.85. The topological polar surface area (TPSA) is 64.0 Å². The van der Waals surface area contributed by atoms with Gasteiger partial charge in [-0.2, -0.15) is 0 Å². The van der Waals surface area contributed by atoms with Crippen LogP contribution in [0, 0.1) is 6.92 Å². The van der Waals surface area contributed by atoms with Crippen LogP contribution in [-0.2, 0) is 9.84 Å². The lowest BCUT2D eigenvalue weighted by Crippen LogP contribution is -2.27. The van der Waals surface area contributed by atoms with Gasteiger partial charge in [0.2, 0.25) is 5.95 Å². The summed E-state index contributed by atoms with van der Waals surface area (Å²) in [6, 6.07) is 0.381. The zero-order valence-corrected chi connectivity index (χ0v) is 12.7. The molecule has 0 radical (unpaired) electrons. The van der Waals surface area contributed by atoms with E-state index < -0.39 is 9.84 Å². The molecule has 0 saturated heterocycles. The lowest BCUT2D eigenvalue weighted by atomic mass is 10.2. The minimum absolute atomic E-state index is 0.128. The normalized spacial score (nSPS) is 18.7. The number of sulfone groups is 1. The molecule has 1 atom stereocenters. The van der Waals surface area contributed by atoms with E-state index >= 15 is 0 Å². The van der Waals surface area contributed by atoms with E-state index in [1.165, 1.54) is 31.9 Å². The van der Waals surface area contributed by atoms with Gasteiger partial charge < -0.3 is 9.88 Å². The van der Waals surface area contributed by atoms with E-state index in [9.17, 15) is 8.42 Å². The van der Waals surface area contributed by atoms with Crippen molar-refractivity contribution in [2.75, 3.05) is 17.3 Å². The van der Waals surface area contributed by atoms with E-state index in [4.69, 9.17) is 0 Å². The molecule has 0 amide bonds. The monoisotopic (exact) mass is 285 g/mol. The fourth-order valence-corrected chi connectivity index (χ4v) is 3.79. The SMILES string of the molecule is Cc1cn(C2CCCC2)c(NC(C)CS(C)(=O)=O)n1. The lowest BCUT2D eigenvalue weighted by Gasteiger charge is -2.18. The van der Waals surface area contributed by atoms with Gasteiger partial charge in [0.25, 0.3) is 0 Å². The van der Waals surface area contributed by atoms with Gasteiger partial charge in [0.15, 0.2) is 0 Å². The molecule has 0 aromatic carbocycles. The van der Waals surface area contributed by atoms with Crippen molar-refractivity contribution in [3.63, 3.8) is 0 Å². The summed E-state index contributed by atoms with van der Waals surface area (Å²) in [6.45, 7) is 3.85. The van der Waals surface area contributed by atoms with Gasteiger partial charge in [-0.25, -0.2) is 13.4 Å². The van der Waals surface area contributed by atoms with Gasteiger partial charge in [0, 0.05) is 24.5 Å². The Labute approximate surface area is 115 Å². The van der Waals surface area contributed by atoms with E-state index in [2.05, 4.69) is 21.1 Å². The fourth-order valence-electron chi connectivity index (χ4n) is 2.80. The number of aromatic nitrogens is 2. The third-order valence-corrected chi connectivity index (χ3v) is 4.60. The summed E-state index contributed by atoms with van der Waals surface area (Å²) in [5.41, 5.74) is 0.973. The Balaban J connectivity index is 2.11. The van der Waals surface area contributed by atoms with Crippen LogP contribution >= 0.6 is 0 Å². The molecule has 1 saturated carbocycles. The second-order valence-electron chi connectivity index (χ2n) is 5.69. The van der Waals surface area contributed by atoms with E-state index in [0.717, 1.165) is 11.6 Å². The third kappa shape index (κ3) is 3.96. The van der Waals surface area contributed by atoms with Crippen molar-refractivity contribution in [1.82, 2.24) is 9.55 Å². The largest absolute Gasteiger partial charge is 0.352 e. The maximum Gasteiger partial charge on any atom is 0.203 e. The molecular formula is C13H23N3O2S. The van der Waals surface area contributed by atoms with Crippen molar-refractivity contribution in [1.29, 1.82) is 0 Å². The predicted octanol–water partition coefficient (Wildman–Crippen LogP) is 2.15. The molecule has 6 heteroatoms. The van der Waals surface area contributed by atoms with Gasteiger partial charge >= 0.3 is 0 Å². The van der Waals surface area contributed by atoms with Crippen LogP contribution in [0.4, 0.5) is 5.95 Å². The highest BCUT2D eigenvalue weighted by Gasteiger charge is 2.21. The third-order valence-electron chi connectivity index (χ3n) is 3.50. The van der Waals surface area contributed by atoms with Crippen LogP contribution in [0.1, 0.15) is 44.3 Å². The number of hydrogen-bond acceptors (Lipinski definition) is 4. The Morgan fingerprint density at radius 3 is 2.68 bits per heavy atom. The maximum absolute atomic E-state index is 11.3. The maximum atomic E-state index is 11.3. The van der Waals surface area contributed by atoms with Gasteiger partial charge in [-0.3, -0.25) is 0 Å². The molecule has 0 aliphatic heterocycles. The van der Waals surface area contributed by atoms with Crippen molar-refractivity contribution in [2.45, 2.75) is 51.6 Å². The second kappa shape index (κ2) is 5.53.